The van der Waals surface area contributed by atoms with Crippen molar-refractivity contribution in [3.63, 3.8) is 0 Å². The van der Waals surface area contributed by atoms with E-state index in [0.717, 1.165) is 0 Å². The van der Waals surface area contributed by atoms with Crippen molar-refractivity contribution in [1.82, 2.24) is 5.32 Å². The predicted molar refractivity (Wildman–Crippen MR) is 39.8 cm³/mol. The Balaban J connectivity index is 3.91. The number of rotatable bonds is 2. The number of amides is 1. The second kappa shape index (κ2) is 4.56. The van der Waals surface area contributed by atoms with Crippen molar-refractivity contribution in [2.75, 3.05) is 7.11 Å². The van der Waals surface area contributed by atoms with Crippen molar-refractivity contribution in [2.45, 2.75) is 19.9 Å². The van der Waals surface area contributed by atoms with Crippen LogP contribution in [0.25, 0.3) is 0 Å². The second-order valence-electron chi connectivity index (χ2n) is 2.49. The fourth-order valence-electron chi connectivity index (χ4n) is 0.534. The Bertz CT molecular complexity index is 172. The van der Waals surface area contributed by atoms with Crippen LogP contribution in [0.3, 0.4) is 0 Å². The SMILES string of the molecule is COC(=O)N[C@H](C#N)C(C)C. The summed E-state index contributed by atoms with van der Waals surface area (Å²) in [5, 5.41) is 10.9. The Kier molecular flexibility index (Phi) is 4.04. The number of alkyl carbamates (subject to hydrolysis) is 1. The highest BCUT2D eigenvalue weighted by atomic mass is 16.5. The zero-order valence-corrected chi connectivity index (χ0v) is 6.92. The molecule has 0 aromatic heterocycles. The number of hydrogen-bond acceptors (Lipinski definition) is 3. The molecule has 0 rings (SSSR count). The molecule has 0 bridgehead atoms. The van der Waals surface area contributed by atoms with Crippen LogP contribution in [0.5, 0.6) is 0 Å². The summed E-state index contributed by atoms with van der Waals surface area (Å²) in [4.78, 5) is 10.6. The van der Waals surface area contributed by atoms with E-state index < -0.39 is 12.1 Å². The van der Waals surface area contributed by atoms with Crippen molar-refractivity contribution in [1.29, 1.82) is 5.26 Å². The van der Waals surface area contributed by atoms with E-state index in [1.807, 2.05) is 19.9 Å². The van der Waals surface area contributed by atoms with Gasteiger partial charge >= 0.3 is 6.09 Å². The largest absolute Gasteiger partial charge is 0.453 e. The zero-order chi connectivity index (χ0) is 8.85. The molecule has 4 heteroatoms. The molecule has 0 fully saturated rings. The predicted octanol–water partition coefficient (Wildman–Crippen LogP) is 0.891. The fourth-order valence-corrected chi connectivity index (χ4v) is 0.534. The van der Waals surface area contributed by atoms with Gasteiger partial charge in [0.2, 0.25) is 0 Å². The molecule has 1 amide bonds. The van der Waals surface area contributed by atoms with E-state index in [1.165, 1.54) is 7.11 Å². The van der Waals surface area contributed by atoms with Crippen molar-refractivity contribution in [3.05, 3.63) is 0 Å². The van der Waals surface area contributed by atoms with Gasteiger partial charge in [-0.05, 0) is 5.92 Å². The summed E-state index contributed by atoms with van der Waals surface area (Å²) in [7, 11) is 1.27. The topological polar surface area (TPSA) is 62.1 Å². The molecule has 4 nitrogen and oxygen atoms in total. The Morgan fingerprint density at radius 1 is 1.64 bits per heavy atom. The van der Waals surface area contributed by atoms with Crippen LogP contribution >= 0.6 is 0 Å². The van der Waals surface area contributed by atoms with Gasteiger partial charge in [0.1, 0.15) is 6.04 Å². The second-order valence-corrected chi connectivity index (χ2v) is 2.49. The third-order valence-corrected chi connectivity index (χ3v) is 1.26. The van der Waals surface area contributed by atoms with E-state index >= 15 is 0 Å². The highest BCUT2D eigenvalue weighted by Gasteiger charge is 2.14. The van der Waals surface area contributed by atoms with Crippen LogP contribution in [0.4, 0.5) is 4.79 Å². The molecule has 0 radical (unpaired) electrons. The van der Waals surface area contributed by atoms with Gasteiger partial charge in [0.25, 0.3) is 0 Å². The first-order valence-corrected chi connectivity index (χ1v) is 3.36. The molecular weight excluding hydrogens is 144 g/mol. The molecule has 1 N–H and O–H groups in total. The normalized spacial score (nSPS) is 11.9. The Morgan fingerprint density at radius 2 is 2.18 bits per heavy atom. The van der Waals surface area contributed by atoms with Gasteiger partial charge in [-0.3, -0.25) is 0 Å². The van der Waals surface area contributed by atoms with Crippen LogP contribution in [-0.4, -0.2) is 19.2 Å². The molecule has 0 aromatic rings. The van der Waals surface area contributed by atoms with Crippen LogP contribution in [0, 0.1) is 17.2 Å². The number of carbonyl (C=O) groups excluding carboxylic acids is 1. The molecule has 0 aliphatic carbocycles. The maximum absolute atomic E-state index is 10.6. The Hall–Kier alpha value is -1.24. The summed E-state index contributed by atoms with van der Waals surface area (Å²) < 4.78 is 4.33. The van der Waals surface area contributed by atoms with Crippen LogP contribution in [0.15, 0.2) is 0 Å². The summed E-state index contributed by atoms with van der Waals surface area (Å²) in [5.74, 6) is 0.0964. The highest BCUT2D eigenvalue weighted by Crippen LogP contribution is 1.99. The number of nitriles is 1. The Labute approximate surface area is 66.1 Å². The fraction of sp³-hybridized carbons (Fsp3) is 0.714. The van der Waals surface area contributed by atoms with E-state index in [1.54, 1.807) is 0 Å². The molecule has 0 aliphatic heterocycles. The average molecular weight is 156 g/mol. The van der Waals surface area contributed by atoms with Crippen molar-refractivity contribution in [2.24, 2.45) is 5.92 Å². The summed E-state index contributed by atoms with van der Waals surface area (Å²) in [6.07, 6.45) is -0.565. The maximum atomic E-state index is 10.6. The molecule has 0 heterocycles. The smallest absolute Gasteiger partial charge is 0.407 e. The quantitative estimate of drug-likeness (QED) is 0.645. The number of nitrogens with zero attached hydrogens (tertiary/aromatic N) is 1. The maximum Gasteiger partial charge on any atom is 0.407 e. The third kappa shape index (κ3) is 3.46. The lowest BCUT2D eigenvalue weighted by Gasteiger charge is -2.12. The first-order valence-electron chi connectivity index (χ1n) is 3.36. The minimum atomic E-state index is -0.565. The summed E-state index contributed by atoms with van der Waals surface area (Å²) in [6, 6.07) is 1.48. The van der Waals surface area contributed by atoms with Crippen LogP contribution in [0.1, 0.15) is 13.8 Å². The first kappa shape index (κ1) is 9.76. The monoisotopic (exact) mass is 156 g/mol. The lowest BCUT2D eigenvalue weighted by molar-refractivity contribution is 0.166. The van der Waals surface area contributed by atoms with E-state index in [2.05, 4.69) is 10.1 Å². The van der Waals surface area contributed by atoms with Crippen molar-refractivity contribution in [3.8, 4) is 6.07 Å². The molecule has 0 aliphatic rings. The number of ether oxygens (including phenoxy) is 1. The van der Waals surface area contributed by atoms with Gasteiger partial charge in [0.05, 0.1) is 13.2 Å². The first-order chi connectivity index (χ1) is 5.11. The third-order valence-electron chi connectivity index (χ3n) is 1.26. The lowest BCUT2D eigenvalue weighted by atomic mass is 10.1. The molecule has 0 aromatic carbocycles. The van der Waals surface area contributed by atoms with Gasteiger partial charge in [-0.2, -0.15) is 5.26 Å². The van der Waals surface area contributed by atoms with E-state index in [9.17, 15) is 4.79 Å². The molecule has 0 spiro atoms. The van der Waals surface area contributed by atoms with Gasteiger partial charge in [-0.15, -0.1) is 0 Å². The molecule has 0 saturated heterocycles. The van der Waals surface area contributed by atoms with Crippen LogP contribution in [0.2, 0.25) is 0 Å². The summed E-state index contributed by atoms with van der Waals surface area (Å²) in [6.45, 7) is 3.70. The number of nitrogens with one attached hydrogen (secondary N) is 1. The summed E-state index contributed by atoms with van der Waals surface area (Å²) in [5.41, 5.74) is 0. The minimum absolute atomic E-state index is 0.0964. The average Bonchev–Trinajstić information content (AvgIpc) is 1.99. The van der Waals surface area contributed by atoms with E-state index in [0.29, 0.717) is 0 Å². The molecular formula is C7H12N2O2. The molecule has 11 heavy (non-hydrogen) atoms. The molecule has 62 valence electrons. The van der Waals surface area contributed by atoms with Gasteiger partial charge < -0.3 is 10.1 Å². The Morgan fingerprint density at radius 3 is 2.45 bits per heavy atom. The van der Waals surface area contributed by atoms with Gasteiger partial charge in [0, 0.05) is 0 Å². The number of methoxy groups -OCH3 is 1. The van der Waals surface area contributed by atoms with E-state index in [4.69, 9.17) is 5.26 Å². The van der Waals surface area contributed by atoms with Gasteiger partial charge in [-0.25, -0.2) is 4.79 Å². The molecule has 0 unspecified atom stereocenters. The summed E-state index contributed by atoms with van der Waals surface area (Å²) >= 11 is 0. The van der Waals surface area contributed by atoms with Crippen LogP contribution < -0.4 is 5.32 Å². The number of hydrogen-bond donors (Lipinski definition) is 1. The lowest BCUT2D eigenvalue weighted by Crippen LogP contribution is -2.37. The van der Waals surface area contributed by atoms with E-state index in [-0.39, 0.29) is 5.92 Å². The minimum Gasteiger partial charge on any atom is -0.453 e. The van der Waals surface area contributed by atoms with Crippen LogP contribution in [-0.2, 0) is 4.74 Å². The van der Waals surface area contributed by atoms with Gasteiger partial charge in [-0.1, -0.05) is 13.8 Å². The standard InChI is InChI=1S/C7H12N2O2/c1-5(2)6(4-8)9-7(10)11-3/h5-6H,1-3H3,(H,9,10)/t6-/m1/s1. The van der Waals surface area contributed by atoms with Crippen molar-refractivity contribution >= 4 is 6.09 Å². The number of carbonyl (C=O) groups is 1. The van der Waals surface area contributed by atoms with Gasteiger partial charge in [0.15, 0.2) is 0 Å². The zero-order valence-electron chi connectivity index (χ0n) is 6.92. The van der Waals surface area contributed by atoms with Crippen molar-refractivity contribution < 1.29 is 9.53 Å². The highest BCUT2D eigenvalue weighted by molar-refractivity contribution is 5.67. The molecule has 1 atom stereocenters. The molecule has 0 saturated carbocycles.